The number of allylic oxidation sites excluding steroid dienone is 6. The van der Waals surface area contributed by atoms with Crippen LogP contribution in [0.25, 0.3) is 34.4 Å². The highest BCUT2D eigenvalue weighted by Crippen LogP contribution is 2.53. The zero-order valence-corrected chi connectivity index (χ0v) is 24.1. The van der Waals surface area contributed by atoms with Crippen molar-refractivity contribution in [1.82, 2.24) is 9.97 Å². The molecule has 6 nitrogen and oxygen atoms in total. The number of carbonyl (C=O) groups is 4. The van der Waals surface area contributed by atoms with Gasteiger partial charge >= 0.3 is 0 Å². The summed E-state index contributed by atoms with van der Waals surface area (Å²) in [6.07, 6.45) is 7.94. The van der Waals surface area contributed by atoms with Crippen molar-refractivity contribution < 1.29 is 19.2 Å². The van der Waals surface area contributed by atoms with E-state index in [-0.39, 0.29) is 11.8 Å². The average Bonchev–Trinajstić information content (AvgIpc) is 3.73. The van der Waals surface area contributed by atoms with Gasteiger partial charge in [0.1, 0.15) is 10.0 Å². The number of benzene rings is 2. The molecule has 2 aromatic heterocycles. The van der Waals surface area contributed by atoms with Crippen LogP contribution in [-0.4, -0.2) is 33.1 Å². The number of hydrogen-bond donors (Lipinski definition) is 0. The SMILES string of the molecule is CC1=CC2c3sc(/C=C4\C(=O)C(=O)c5ccccc54)nc3C(C)=CC2c2sc(/C=C3\C(=O)C(=O)c4ccccc43)nc21. The largest absolute Gasteiger partial charge is 0.285 e. The Balaban J connectivity index is 1.18. The maximum absolute atomic E-state index is 12.8. The van der Waals surface area contributed by atoms with E-state index in [4.69, 9.17) is 9.97 Å². The molecule has 8 rings (SSSR count). The molecular weight excluding hydrogens is 565 g/mol. The lowest BCUT2D eigenvalue weighted by Gasteiger charge is -2.30. The molecule has 0 radical (unpaired) electrons. The first-order valence-electron chi connectivity index (χ1n) is 13.5. The third-order valence-electron chi connectivity index (χ3n) is 8.30. The standard InChI is InChI=1S/C34H20N2O4S2/c1-15-11-23-24(33-27(15)35-25(41-33)13-21-17-7-3-5-9-19(17)29(37)31(21)39)12-16(2)28-34(23)42-26(36-28)14-22-18-8-4-6-10-20(18)30(38)32(22)40/h3-14,23-24H,1-2H3/b21-13-,22-14-. The van der Waals surface area contributed by atoms with Crippen LogP contribution in [-0.2, 0) is 9.59 Å². The Morgan fingerprint density at radius 2 is 0.952 bits per heavy atom. The number of carbonyl (C=O) groups excluding carboxylic acids is 4. The second kappa shape index (κ2) is 8.92. The highest BCUT2D eigenvalue weighted by atomic mass is 32.1. The third-order valence-corrected chi connectivity index (χ3v) is 10.5. The summed E-state index contributed by atoms with van der Waals surface area (Å²) >= 11 is 3.09. The van der Waals surface area contributed by atoms with Crippen molar-refractivity contribution in [2.75, 3.05) is 0 Å². The maximum atomic E-state index is 12.8. The van der Waals surface area contributed by atoms with Gasteiger partial charge < -0.3 is 0 Å². The van der Waals surface area contributed by atoms with Crippen molar-refractivity contribution in [3.8, 4) is 0 Å². The van der Waals surface area contributed by atoms with E-state index in [9.17, 15) is 19.2 Å². The molecule has 2 heterocycles. The first-order chi connectivity index (χ1) is 20.3. The van der Waals surface area contributed by atoms with E-state index in [0.29, 0.717) is 43.4 Å². The molecule has 0 bridgehead atoms. The van der Waals surface area contributed by atoms with E-state index < -0.39 is 23.1 Å². The second-order valence-electron chi connectivity index (χ2n) is 10.8. The van der Waals surface area contributed by atoms with Gasteiger partial charge in [-0.25, -0.2) is 9.97 Å². The molecule has 0 saturated carbocycles. The smallest absolute Gasteiger partial charge is 0.234 e. The molecule has 0 aliphatic heterocycles. The molecule has 4 aliphatic carbocycles. The molecule has 0 spiro atoms. The number of thiazole rings is 2. The van der Waals surface area contributed by atoms with Gasteiger partial charge in [0.25, 0.3) is 0 Å². The Morgan fingerprint density at radius 3 is 1.36 bits per heavy atom. The fraction of sp³-hybridized carbons (Fsp3) is 0.118. The van der Waals surface area contributed by atoms with Crippen LogP contribution < -0.4 is 0 Å². The second-order valence-corrected chi connectivity index (χ2v) is 12.9. The summed E-state index contributed by atoms with van der Waals surface area (Å²) in [6.45, 7) is 4.08. The zero-order chi connectivity index (χ0) is 28.9. The van der Waals surface area contributed by atoms with Gasteiger partial charge in [-0.2, -0.15) is 0 Å². The summed E-state index contributed by atoms with van der Waals surface area (Å²) in [5, 5.41) is 1.38. The number of aromatic nitrogens is 2. The fourth-order valence-corrected chi connectivity index (χ4v) is 8.71. The van der Waals surface area contributed by atoms with Crippen molar-refractivity contribution in [3.63, 3.8) is 0 Å². The normalized spacial score (nSPS) is 22.1. The molecule has 0 fully saturated rings. The molecule has 4 aromatic rings. The Kier molecular flexibility index (Phi) is 5.33. The number of fused-ring (bicyclic) bond motifs is 7. The lowest BCUT2D eigenvalue weighted by atomic mass is 9.77. The van der Waals surface area contributed by atoms with Gasteiger partial charge in [-0.3, -0.25) is 19.2 Å². The van der Waals surface area contributed by atoms with Crippen LogP contribution in [0, 0.1) is 0 Å². The minimum absolute atomic E-state index is 0.0467. The van der Waals surface area contributed by atoms with E-state index >= 15 is 0 Å². The van der Waals surface area contributed by atoms with Gasteiger partial charge in [-0.05, 0) is 48.3 Å². The van der Waals surface area contributed by atoms with E-state index in [0.717, 1.165) is 32.3 Å². The van der Waals surface area contributed by atoms with Gasteiger partial charge in [0.05, 0.1) is 11.4 Å². The number of nitrogens with zero attached hydrogens (tertiary/aromatic N) is 2. The van der Waals surface area contributed by atoms with Crippen LogP contribution in [0.2, 0.25) is 0 Å². The lowest BCUT2D eigenvalue weighted by molar-refractivity contribution is -0.110. The first-order valence-corrected chi connectivity index (χ1v) is 15.1. The van der Waals surface area contributed by atoms with Crippen LogP contribution in [0.5, 0.6) is 0 Å². The van der Waals surface area contributed by atoms with E-state index in [2.05, 4.69) is 12.2 Å². The summed E-state index contributed by atoms with van der Waals surface area (Å²) in [7, 11) is 0. The number of rotatable bonds is 2. The van der Waals surface area contributed by atoms with Crippen molar-refractivity contribution in [2.24, 2.45) is 0 Å². The average molecular weight is 585 g/mol. The fourth-order valence-electron chi connectivity index (χ4n) is 6.32. The van der Waals surface area contributed by atoms with Gasteiger partial charge in [-0.15, -0.1) is 22.7 Å². The van der Waals surface area contributed by atoms with E-state index in [1.807, 2.05) is 26.0 Å². The molecule has 8 heteroatoms. The quantitative estimate of drug-likeness (QED) is 0.188. The molecule has 2 aromatic carbocycles. The van der Waals surface area contributed by atoms with Crippen molar-refractivity contribution in [3.05, 3.63) is 114 Å². The van der Waals surface area contributed by atoms with E-state index in [1.165, 1.54) is 0 Å². The van der Waals surface area contributed by atoms with Crippen molar-refractivity contribution >= 4 is 80.3 Å². The first kappa shape index (κ1) is 25.1. The molecule has 2 unspecified atom stereocenters. The summed E-state index contributed by atoms with van der Waals surface area (Å²) in [5.74, 6) is -1.85. The monoisotopic (exact) mass is 584 g/mol. The number of Topliss-reactive ketones (excluding diaryl/α,β-unsaturated/α-hetero) is 4. The molecule has 0 amide bonds. The van der Waals surface area contributed by atoms with Crippen LogP contribution in [0.15, 0.2) is 60.7 Å². The lowest BCUT2D eigenvalue weighted by Crippen LogP contribution is -2.16. The summed E-state index contributed by atoms with van der Waals surface area (Å²) < 4.78 is 0. The number of ketones is 4. The highest BCUT2D eigenvalue weighted by Gasteiger charge is 2.39. The Labute approximate surface area is 248 Å². The maximum Gasteiger partial charge on any atom is 0.234 e. The Morgan fingerprint density at radius 1 is 0.571 bits per heavy atom. The predicted molar refractivity (Wildman–Crippen MR) is 164 cm³/mol. The molecule has 0 saturated heterocycles. The summed E-state index contributed by atoms with van der Waals surface area (Å²) in [5.41, 5.74) is 6.85. The Bertz CT molecular complexity index is 1950. The van der Waals surface area contributed by atoms with E-state index in [1.54, 1.807) is 71.2 Å². The zero-order valence-electron chi connectivity index (χ0n) is 22.4. The molecule has 202 valence electrons. The number of hydrogen-bond acceptors (Lipinski definition) is 8. The van der Waals surface area contributed by atoms with Gasteiger partial charge in [-0.1, -0.05) is 60.7 Å². The van der Waals surface area contributed by atoms with Gasteiger partial charge in [0.15, 0.2) is 0 Å². The van der Waals surface area contributed by atoms with Gasteiger partial charge in [0.2, 0.25) is 23.1 Å². The predicted octanol–water partition coefficient (Wildman–Crippen LogP) is 6.91. The Hall–Kier alpha value is -4.66. The molecule has 42 heavy (non-hydrogen) atoms. The minimum Gasteiger partial charge on any atom is -0.285 e. The van der Waals surface area contributed by atoms with Crippen LogP contribution >= 0.6 is 22.7 Å². The van der Waals surface area contributed by atoms with Crippen molar-refractivity contribution in [1.29, 1.82) is 0 Å². The summed E-state index contributed by atoms with van der Waals surface area (Å²) in [4.78, 5) is 62.7. The van der Waals surface area contributed by atoms with Crippen molar-refractivity contribution in [2.45, 2.75) is 25.7 Å². The highest BCUT2D eigenvalue weighted by molar-refractivity contribution is 7.13. The third kappa shape index (κ3) is 3.49. The molecule has 0 N–H and O–H groups in total. The van der Waals surface area contributed by atoms with Crippen LogP contribution in [0.4, 0.5) is 0 Å². The topological polar surface area (TPSA) is 94.1 Å². The van der Waals surface area contributed by atoms with Gasteiger partial charge in [0, 0.05) is 43.9 Å². The van der Waals surface area contributed by atoms with Crippen LogP contribution in [0.1, 0.15) is 88.7 Å². The summed E-state index contributed by atoms with van der Waals surface area (Å²) in [6, 6.07) is 14.2. The minimum atomic E-state index is -0.496. The molecular formula is C34H20N2O4S2. The molecule has 4 aliphatic rings. The van der Waals surface area contributed by atoms with Crippen LogP contribution in [0.3, 0.4) is 0 Å². The molecule has 2 atom stereocenters.